The Bertz CT molecular complexity index is 905. The maximum atomic E-state index is 12.9. The Hall–Kier alpha value is -2.18. The van der Waals surface area contributed by atoms with E-state index in [1.807, 2.05) is 41.5 Å². The van der Waals surface area contributed by atoms with Crippen LogP contribution in [0, 0.1) is 0 Å². The third-order valence-electron chi connectivity index (χ3n) is 4.75. The maximum absolute atomic E-state index is 12.9. The quantitative estimate of drug-likeness (QED) is 0.575. The highest BCUT2D eigenvalue weighted by molar-refractivity contribution is 7.13. The lowest BCUT2D eigenvalue weighted by atomic mass is 10.1. The van der Waals surface area contributed by atoms with Crippen molar-refractivity contribution in [1.29, 1.82) is 0 Å². The molecule has 4 rings (SSSR count). The number of nitrogens with zero attached hydrogens (tertiary/aromatic N) is 2. The molecule has 1 unspecified atom stereocenters. The molecule has 4 nitrogen and oxygen atoms in total. The highest BCUT2D eigenvalue weighted by Crippen LogP contribution is 2.36. The van der Waals surface area contributed by atoms with E-state index in [-0.39, 0.29) is 11.9 Å². The van der Waals surface area contributed by atoms with Crippen LogP contribution in [0.15, 0.2) is 47.2 Å². The van der Waals surface area contributed by atoms with Crippen LogP contribution in [0.3, 0.4) is 0 Å². The second kappa shape index (κ2) is 8.23. The number of thiazole rings is 1. The van der Waals surface area contributed by atoms with Gasteiger partial charge in [-0.3, -0.25) is 4.79 Å². The molecule has 3 aromatic rings. The molecule has 0 saturated carbocycles. The van der Waals surface area contributed by atoms with E-state index < -0.39 is 0 Å². The van der Waals surface area contributed by atoms with Crippen molar-refractivity contribution < 1.29 is 9.53 Å². The number of hydrogen-bond donors (Lipinski definition) is 0. The van der Waals surface area contributed by atoms with Crippen molar-refractivity contribution in [3.05, 3.63) is 57.7 Å². The Balaban J connectivity index is 1.49. The average molecular weight is 399 g/mol. The van der Waals surface area contributed by atoms with Crippen LogP contribution in [0.25, 0.3) is 10.6 Å². The molecule has 0 spiro atoms. The van der Waals surface area contributed by atoms with Gasteiger partial charge in [-0.2, -0.15) is 0 Å². The number of likely N-dealkylation sites (tertiary alicyclic amines) is 1. The van der Waals surface area contributed by atoms with Crippen molar-refractivity contribution in [2.75, 3.05) is 13.2 Å². The fourth-order valence-corrected chi connectivity index (χ4v) is 5.26. The first-order chi connectivity index (χ1) is 13.3. The largest absolute Gasteiger partial charge is 0.493 e. The molecule has 6 heteroatoms. The normalized spacial score (nSPS) is 16.6. The Morgan fingerprint density at radius 2 is 2.15 bits per heavy atom. The number of hydrogen-bond acceptors (Lipinski definition) is 5. The van der Waals surface area contributed by atoms with E-state index in [9.17, 15) is 4.79 Å². The number of thiophene rings is 1. The van der Waals surface area contributed by atoms with Gasteiger partial charge in [-0.25, -0.2) is 4.98 Å². The molecule has 0 N–H and O–H groups in total. The van der Waals surface area contributed by atoms with E-state index in [4.69, 9.17) is 9.72 Å². The van der Waals surface area contributed by atoms with Gasteiger partial charge in [-0.15, -0.1) is 22.7 Å². The van der Waals surface area contributed by atoms with E-state index in [1.54, 1.807) is 22.7 Å². The van der Waals surface area contributed by atoms with E-state index in [1.165, 1.54) is 4.88 Å². The summed E-state index contributed by atoms with van der Waals surface area (Å²) in [6.07, 6.45) is 2.48. The Kier molecular flexibility index (Phi) is 5.55. The third kappa shape index (κ3) is 3.92. The van der Waals surface area contributed by atoms with Crippen LogP contribution in [0.2, 0.25) is 0 Å². The van der Waals surface area contributed by atoms with Crippen LogP contribution >= 0.6 is 22.7 Å². The number of carbonyl (C=O) groups excluding carboxylic acids is 1. The molecule has 1 fully saturated rings. The van der Waals surface area contributed by atoms with Crippen LogP contribution in [-0.4, -0.2) is 28.9 Å². The number of ether oxygens (including phenoxy) is 1. The molecule has 140 valence electrons. The van der Waals surface area contributed by atoms with E-state index >= 15 is 0 Å². The molecular formula is C21H22N2O2S2. The van der Waals surface area contributed by atoms with Gasteiger partial charge in [0.15, 0.2) is 0 Å². The summed E-state index contributed by atoms with van der Waals surface area (Å²) in [5, 5.41) is 4.98. The van der Waals surface area contributed by atoms with E-state index in [0.717, 1.165) is 41.4 Å². The van der Waals surface area contributed by atoms with E-state index in [0.29, 0.717) is 13.0 Å². The zero-order valence-corrected chi connectivity index (χ0v) is 16.9. The van der Waals surface area contributed by atoms with Gasteiger partial charge in [0, 0.05) is 16.8 Å². The monoisotopic (exact) mass is 398 g/mol. The zero-order valence-electron chi connectivity index (χ0n) is 15.3. The van der Waals surface area contributed by atoms with Crippen LogP contribution in [0.4, 0.5) is 0 Å². The van der Waals surface area contributed by atoms with Gasteiger partial charge in [0.2, 0.25) is 5.91 Å². The molecule has 1 amide bonds. The number of rotatable bonds is 6. The number of para-hydroxylation sites is 1. The molecule has 1 aliphatic heterocycles. The fraction of sp³-hybridized carbons (Fsp3) is 0.333. The molecule has 1 aromatic carbocycles. The molecule has 1 atom stereocenters. The topological polar surface area (TPSA) is 42.4 Å². The summed E-state index contributed by atoms with van der Waals surface area (Å²) >= 11 is 3.30. The van der Waals surface area contributed by atoms with Crippen LogP contribution in [0.1, 0.15) is 36.4 Å². The minimum absolute atomic E-state index is 0.167. The Labute approximate surface area is 167 Å². The van der Waals surface area contributed by atoms with Gasteiger partial charge in [0.25, 0.3) is 0 Å². The second-order valence-corrected chi connectivity index (χ2v) is 8.35. The molecule has 3 heterocycles. The SMILES string of the molecule is CCOc1ccccc1-c1nc(CC(=O)N2CCCC2c2cccs2)cs1. The standard InChI is InChI=1S/C21H22N2O2S2/c1-2-25-18-9-4-3-7-16(18)21-22-15(14-27-21)13-20(24)23-11-5-8-17(23)19-10-6-12-26-19/h3-4,6-7,9-10,12,14,17H,2,5,8,11,13H2,1H3. The summed E-state index contributed by atoms with van der Waals surface area (Å²) in [6.45, 7) is 3.43. The number of aromatic nitrogens is 1. The first kappa shape index (κ1) is 18.2. The second-order valence-electron chi connectivity index (χ2n) is 6.51. The first-order valence-corrected chi connectivity index (χ1v) is 11.0. The summed E-state index contributed by atoms with van der Waals surface area (Å²) in [5.41, 5.74) is 1.82. The van der Waals surface area contributed by atoms with Gasteiger partial charge < -0.3 is 9.64 Å². The minimum Gasteiger partial charge on any atom is -0.493 e. The van der Waals surface area contributed by atoms with Crippen molar-refractivity contribution in [1.82, 2.24) is 9.88 Å². The Morgan fingerprint density at radius 1 is 1.26 bits per heavy atom. The minimum atomic E-state index is 0.167. The van der Waals surface area contributed by atoms with Crippen molar-refractivity contribution in [2.45, 2.75) is 32.2 Å². The number of amides is 1. The molecule has 0 aliphatic carbocycles. The smallest absolute Gasteiger partial charge is 0.229 e. The van der Waals surface area contributed by atoms with Crippen molar-refractivity contribution in [2.24, 2.45) is 0 Å². The first-order valence-electron chi connectivity index (χ1n) is 9.25. The Morgan fingerprint density at radius 3 is 2.96 bits per heavy atom. The van der Waals surface area contributed by atoms with Crippen molar-refractivity contribution >= 4 is 28.6 Å². The van der Waals surface area contributed by atoms with Gasteiger partial charge in [-0.1, -0.05) is 18.2 Å². The molecule has 1 aliphatic rings. The predicted octanol–water partition coefficient (Wildman–Crippen LogP) is 5.18. The molecule has 0 radical (unpaired) electrons. The summed E-state index contributed by atoms with van der Waals surface area (Å²) in [4.78, 5) is 20.9. The lowest BCUT2D eigenvalue weighted by Crippen LogP contribution is -2.31. The number of carbonyl (C=O) groups is 1. The van der Waals surface area contributed by atoms with Gasteiger partial charge in [0.1, 0.15) is 10.8 Å². The molecule has 2 aromatic heterocycles. The molecule has 0 bridgehead atoms. The fourth-order valence-electron chi connectivity index (χ4n) is 3.53. The maximum Gasteiger partial charge on any atom is 0.229 e. The predicted molar refractivity (Wildman–Crippen MR) is 110 cm³/mol. The van der Waals surface area contributed by atoms with Crippen molar-refractivity contribution in [3.8, 4) is 16.3 Å². The van der Waals surface area contributed by atoms with E-state index in [2.05, 4.69) is 17.5 Å². The lowest BCUT2D eigenvalue weighted by molar-refractivity contribution is -0.131. The van der Waals surface area contributed by atoms with Crippen LogP contribution in [-0.2, 0) is 11.2 Å². The zero-order chi connectivity index (χ0) is 18.6. The molecule has 1 saturated heterocycles. The highest BCUT2D eigenvalue weighted by Gasteiger charge is 2.30. The molecular weight excluding hydrogens is 376 g/mol. The summed E-state index contributed by atoms with van der Waals surface area (Å²) in [6, 6.07) is 12.3. The molecule has 27 heavy (non-hydrogen) atoms. The lowest BCUT2D eigenvalue weighted by Gasteiger charge is -2.23. The van der Waals surface area contributed by atoms with Gasteiger partial charge in [-0.05, 0) is 43.3 Å². The summed E-state index contributed by atoms with van der Waals surface area (Å²) in [5.74, 6) is 1.00. The van der Waals surface area contributed by atoms with Crippen LogP contribution in [0.5, 0.6) is 5.75 Å². The summed E-state index contributed by atoms with van der Waals surface area (Å²) in [7, 11) is 0. The average Bonchev–Trinajstić information content (AvgIpc) is 3.43. The van der Waals surface area contributed by atoms with Crippen LogP contribution < -0.4 is 4.74 Å². The number of benzene rings is 1. The third-order valence-corrected chi connectivity index (χ3v) is 6.64. The highest BCUT2D eigenvalue weighted by atomic mass is 32.1. The summed E-state index contributed by atoms with van der Waals surface area (Å²) < 4.78 is 5.71. The van der Waals surface area contributed by atoms with Crippen molar-refractivity contribution in [3.63, 3.8) is 0 Å². The van der Waals surface area contributed by atoms with Gasteiger partial charge >= 0.3 is 0 Å². The van der Waals surface area contributed by atoms with Gasteiger partial charge in [0.05, 0.1) is 30.3 Å².